The van der Waals surface area contributed by atoms with Crippen LogP contribution in [-0.2, 0) is 40.2 Å². The summed E-state index contributed by atoms with van der Waals surface area (Å²) in [5.41, 5.74) is -0.340. The first-order valence-corrected chi connectivity index (χ1v) is 12.4. The normalized spacial score (nSPS) is 22.0. The molecule has 7 nitrogen and oxygen atoms in total. The van der Waals surface area contributed by atoms with Gasteiger partial charge in [-0.25, -0.2) is 4.79 Å². The minimum absolute atomic E-state index is 0.0153. The molecule has 2 aliphatic heterocycles. The molecule has 1 saturated carbocycles. The fraction of sp³-hybridized carbons (Fsp3) is 0.423. The molecule has 2 atom stereocenters. The largest absolute Gasteiger partial charge is 0.417 e. The molecular weight excluding hydrogens is 511 g/mol. The maximum Gasteiger partial charge on any atom is 0.417 e. The molecule has 11 heteroatoms. The van der Waals surface area contributed by atoms with Crippen LogP contribution in [0.3, 0.4) is 0 Å². The number of benzene rings is 2. The summed E-state index contributed by atoms with van der Waals surface area (Å²) < 4.78 is 45.9. The Bertz CT molecular complexity index is 1240. The van der Waals surface area contributed by atoms with Crippen molar-refractivity contribution in [2.75, 3.05) is 6.61 Å². The molecule has 0 spiro atoms. The van der Waals surface area contributed by atoms with E-state index < -0.39 is 40.2 Å². The number of alkyl halides is 3. The predicted octanol–water partition coefficient (Wildman–Crippen LogP) is 4.41. The minimum Gasteiger partial charge on any atom is -0.376 e. The highest BCUT2D eigenvalue weighted by Gasteiger charge is 2.57. The van der Waals surface area contributed by atoms with Crippen molar-refractivity contribution >= 4 is 29.4 Å². The molecular formula is C26H25ClF3N3O4. The summed E-state index contributed by atoms with van der Waals surface area (Å²) in [4.78, 5) is 40.0. The van der Waals surface area contributed by atoms with Crippen molar-refractivity contribution in [1.82, 2.24) is 15.5 Å². The number of carbonyl (C=O) groups excluding carboxylic acids is 3. The van der Waals surface area contributed by atoms with E-state index in [2.05, 4.69) is 10.6 Å². The lowest BCUT2D eigenvalue weighted by molar-refractivity contribution is -0.140. The topological polar surface area (TPSA) is 87.7 Å². The summed E-state index contributed by atoms with van der Waals surface area (Å²) in [5.74, 6) is -1.72. The highest BCUT2D eigenvalue weighted by molar-refractivity contribution is 6.31. The number of hydrogen-bond donors (Lipinski definition) is 2. The first kappa shape index (κ1) is 25.5. The minimum atomic E-state index is -4.61. The molecule has 1 aliphatic carbocycles. The van der Waals surface area contributed by atoms with Crippen molar-refractivity contribution < 1.29 is 32.3 Å². The molecule has 1 saturated heterocycles. The van der Waals surface area contributed by atoms with Crippen LogP contribution in [0.25, 0.3) is 0 Å². The second kappa shape index (κ2) is 9.64. The molecule has 37 heavy (non-hydrogen) atoms. The molecule has 196 valence electrons. The molecule has 2 fully saturated rings. The van der Waals surface area contributed by atoms with Crippen LogP contribution < -0.4 is 10.6 Å². The molecule has 5 rings (SSSR count). The van der Waals surface area contributed by atoms with Gasteiger partial charge >= 0.3 is 12.2 Å². The van der Waals surface area contributed by atoms with Crippen molar-refractivity contribution in [1.29, 1.82) is 0 Å². The Hall–Kier alpha value is -3.11. The lowest BCUT2D eigenvalue weighted by atomic mass is 9.82. The Morgan fingerprint density at radius 2 is 1.81 bits per heavy atom. The maximum atomic E-state index is 13.7. The average Bonchev–Trinajstić information content (AvgIpc) is 3.55. The van der Waals surface area contributed by atoms with Gasteiger partial charge < -0.3 is 15.0 Å². The molecule has 3 aliphatic rings. The molecule has 2 N–H and O–H groups in total. The molecule has 0 radical (unpaired) electrons. The number of fused-ring (bicyclic) bond motifs is 1. The maximum absolute atomic E-state index is 13.7. The van der Waals surface area contributed by atoms with E-state index in [1.165, 1.54) is 11.0 Å². The highest BCUT2D eigenvalue weighted by Crippen LogP contribution is 2.45. The number of rotatable bonds is 8. The number of urea groups is 1. The third-order valence-corrected chi connectivity index (χ3v) is 7.53. The van der Waals surface area contributed by atoms with Crippen molar-refractivity contribution in [2.24, 2.45) is 11.8 Å². The summed E-state index contributed by atoms with van der Waals surface area (Å²) in [6.07, 6.45) is -3.09. The van der Waals surface area contributed by atoms with Crippen LogP contribution in [0.2, 0.25) is 5.02 Å². The zero-order valence-corrected chi connectivity index (χ0v) is 20.5. The number of nitrogens with one attached hydrogen (secondary N) is 2. The van der Waals surface area contributed by atoms with E-state index in [9.17, 15) is 27.6 Å². The average molecular weight is 536 g/mol. The van der Waals surface area contributed by atoms with Crippen molar-refractivity contribution in [3.05, 3.63) is 69.7 Å². The Kier molecular flexibility index (Phi) is 6.66. The van der Waals surface area contributed by atoms with Crippen LogP contribution in [-0.4, -0.2) is 34.9 Å². The molecule has 0 aromatic heterocycles. The zero-order chi connectivity index (χ0) is 26.4. The van der Waals surface area contributed by atoms with E-state index in [1.807, 2.05) is 30.3 Å². The van der Waals surface area contributed by atoms with Gasteiger partial charge in [0, 0.05) is 13.1 Å². The molecule has 2 aromatic carbocycles. The van der Waals surface area contributed by atoms with Crippen molar-refractivity contribution in [3.8, 4) is 0 Å². The first-order chi connectivity index (χ1) is 17.6. The highest BCUT2D eigenvalue weighted by atomic mass is 35.5. The van der Waals surface area contributed by atoms with E-state index in [4.69, 9.17) is 16.3 Å². The lowest BCUT2D eigenvalue weighted by Crippen LogP contribution is -2.52. The molecule has 4 amide bonds. The molecule has 0 unspecified atom stereocenters. The predicted molar refractivity (Wildman–Crippen MR) is 127 cm³/mol. The Labute approximate surface area is 216 Å². The van der Waals surface area contributed by atoms with Crippen molar-refractivity contribution in [2.45, 2.75) is 50.7 Å². The fourth-order valence-electron chi connectivity index (χ4n) is 5.23. The van der Waals surface area contributed by atoms with Gasteiger partial charge in [0.15, 0.2) is 0 Å². The van der Waals surface area contributed by atoms with Gasteiger partial charge in [-0.2, -0.15) is 13.2 Å². The molecule has 0 bridgehead atoms. The van der Waals surface area contributed by atoms with Gasteiger partial charge in [0.25, 0.3) is 5.91 Å². The Morgan fingerprint density at radius 1 is 1.14 bits per heavy atom. The van der Waals surface area contributed by atoms with Gasteiger partial charge in [0.05, 0.1) is 29.7 Å². The summed E-state index contributed by atoms with van der Waals surface area (Å²) in [6, 6.07) is 11.0. The van der Waals surface area contributed by atoms with E-state index >= 15 is 0 Å². The third kappa shape index (κ3) is 5.17. The zero-order valence-electron chi connectivity index (χ0n) is 19.7. The second-order valence-electron chi connectivity index (χ2n) is 9.85. The van der Waals surface area contributed by atoms with E-state index in [0.29, 0.717) is 11.1 Å². The summed E-state index contributed by atoms with van der Waals surface area (Å²) in [7, 11) is 0. The van der Waals surface area contributed by atoms with Gasteiger partial charge in [-0.3, -0.25) is 14.9 Å². The number of ether oxygens (including phenoxy) is 1. The number of hydrogen-bond acceptors (Lipinski definition) is 4. The number of amides is 4. The monoisotopic (exact) mass is 535 g/mol. The quantitative estimate of drug-likeness (QED) is 0.490. The Balaban J connectivity index is 1.37. The first-order valence-electron chi connectivity index (χ1n) is 12.0. The lowest BCUT2D eigenvalue weighted by Gasteiger charge is -2.32. The second-order valence-corrected chi connectivity index (χ2v) is 10.3. The van der Waals surface area contributed by atoms with Crippen LogP contribution in [0.15, 0.2) is 42.5 Å². The summed E-state index contributed by atoms with van der Waals surface area (Å²) >= 11 is 5.88. The fourth-order valence-corrected chi connectivity index (χ4v) is 5.52. The van der Waals surface area contributed by atoms with Crippen LogP contribution in [0.1, 0.15) is 41.5 Å². The third-order valence-electron chi connectivity index (χ3n) is 7.22. The van der Waals surface area contributed by atoms with Crippen LogP contribution in [0.5, 0.6) is 0 Å². The van der Waals surface area contributed by atoms with Crippen LogP contribution >= 0.6 is 11.6 Å². The van der Waals surface area contributed by atoms with Gasteiger partial charge in [0.1, 0.15) is 5.54 Å². The number of imide groups is 1. The Morgan fingerprint density at radius 3 is 2.41 bits per heavy atom. The number of nitrogens with zero attached hydrogens (tertiary/aromatic N) is 1. The smallest absolute Gasteiger partial charge is 0.376 e. The van der Waals surface area contributed by atoms with Gasteiger partial charge in [-0.05, 0) is 54.0 Å². The standard InChI is InChI=1S/C26H25ClF3N3O4/c27-21-9-17-12-33(11-16(17)8-20(21)26(28,29)30)22(34)18(14-37-13-15-4-2-1-3-5-15)10-25(19-6-7-19)23(35)31-24(36)32-25/h1-5,8-9,18-19H,6-7,10-14H2,(H2,31,32,35,36)/t18-,25+/m1/s1. The van der Waals surface area contributed by atoms with Gasteiger partial charge in [0.2, 0.25) is 5.91 Å². The van der Waals surface area contributed by atoms with Gasteiger partial charge in [-0.1, -0.05) is 41.9 Å². The van der Waals surface area contributed by atoms with E-state index in [-0.39, 0.29) is 44.5 Å². The molecule has 2 aromatic rings. The SMILES string of the molecule is O=C1NC(=O)[C@](C[C@H](COCc2ccccc2)C(=O)N2Cc3cc(Cl)c(C(F)(F)F)cc3C2)(C2CC2)N1. The number of carbonyl (C=O) groups is 3. The van der Waals surface area contributed by atoms with E-state index in [1.54, 1.807) is 0 Å². The summed E-state index contributed by atoms with van der Waals surface area (Å²) in [6.45, 7) is 0.298. The van der Waals surface area contributed by atoms with E-state index in [0.717, 1.165) is 24.5 Å². The van der Waals surface area contributed by atoms with Crippen LogP contribution in [0.4, 0.5) is 18.0 Å². The molecule has 2 heterocycles. The number of halogens is 4. The van der Waals surface area contributed by atoms with Crippen LogP contribution in [0, 0.1) is 11.8 Å². The van der Waals surface area contributed by atoms with Gasteiger partial charge in [-0.15, -0.1) is 0 Å². The summed E-state index contributed by atoms with van der Waals surface area (Å²) in [5, 5.41) is 4.62. The van der Waals surface area contributed by atoms with Crippen molar-refractivity contribution in [3.63, 3.8) is 0 Å².